The molecule has 2 aliphatic heterocycles. The van der Waals surface area contributed by atoms with E-state index in [0.29, 0.717) is 5.92 Å². The summed E-state index contributed by atoms with van der Waals surface area (Å²) in [5, 5.41) is 19.3. The normalized spacial score (nSPS) is 43.8. The lowest BCUT2D eigenvalue weighted by Gasteiger charge is -2.28. The summed E-state index contributed by atoms with van der Waals surface area (Å²) in [4.78, 5) is 2.09. The van der Waals surface area contributed by atoms with Crippen LogP contribution in [-0.4, -0.2) is 52.7 Å². The number of ether oxygens (including phenoxy) is 1. The van der Waals surface area contributed by atoms with Crippen LogP contribution in [0.2, 0.25) is 0 Å². The second-order valence-corrected chi connectivity index (χ2v) is 4.16. The molecule has 2 aliphatic rings. The van der Waals surface area contributed by atoms with Gasteiger partial charge < -0.3 is 14.9 Å². The summed E-state index contributed by atoms with van der Waals surface area (Å²) in [6, 6.07) is -0.229. The van der Waals surface area contributed by atoms with Crippen molar-refractivity contribution in [2.24, 2.45) is 5.92 Å². The number of aliphatic hydroxyl groups is 2. The summed E-state index contributed by atoms with van der Waals surface area (Å²) in [7, 11) is 0. The molecule has 0 amide bonds. The Bertz CT molecular complexity index is 207. The Morgan fingerprint density at radius 2 is 2.23 bits per heavy atom. The molecule has 3 atom stereocenters. The standard InChI is InChI=1S/C9H17NO3/c1-3-10-4-6(2)7-8(10)9(11,12)5-13-7/h6-8,11-12H,3-5H2,1-2H3/t6-,7+,8-/m0/s1. The average Bonchev–Trinajstić information content (AvgIpc) is 2.53. The van der Waals surface area contributed by atoms with Gasteiger partial charge in [-0.1, -0.05) is 13.8 Å². The lowest BCUT2D eigenvalue weighted by atomic mass is 10.0. The first-order valence-electron chi connectivity index (χ1n) is 4.86. The molecule has 2 fully saturated rings. The topological polar surface area (TPSA) is 52.9 Å². The van der Waals surface area contributed by atoms with Crippen LogP contribution in [0, 0.1) is 5.92 Å². The number of likely N-dealkylation sites (tertiary alicyclic amines) is 1. The van der Waals surface area contributed by atoms with E-state index in [1.54, 1.807) is 0 Å². The fourth-order valence-corrected chi connectivity index (χ4v) is 2.55. The van der Waals surface area contributed by atoms with Crippen LogP contribution < -0.4 is 0 Å². The SMILES string of the molecule is CCN1C[C@H](C)[C@H]2OCC(O)(O)[C@H]21. The summed E-state index contributed by atoms with van der Waals surface area (Å²) in [5.41, 5.74) is 0. The minimum absolute atomic E-state index is 0.00468. The average molecular weight is 187 g/mol. The first-order valence-corrected chi connectivity index (χ1v) is 4.86. The Morgan fingerprint density at radius 3 is 2.85 bits per heavy atom. The number of nitrogens with zero attached hydrogens (tertiary/aromatic N) is 1. The second-order valence-electron chi connectivity index (χ2n) is 4.16. The van der Waals surface area contributed by atoms with Gasteiger partial charge in [0.25, 0.3) is 0 Å². The van der Waals surface area contributed by atoms with Crippen molar-refractivity contribution in [3.63, 3.8) is 0 Å². The van der Waals surface area contributed by atoms with E-state index >= 15 is 0 Å². The van der Waals surface area contributed by atoms with Crippen LogP contribution in [0.3, 0.4) is 0 Å². The first-order chi connectivity index (χ1) is 6.06. The van der Waals surface area contributed by atoms with Crippen molar-refractivity contribution in [1.29, 1.82) is 0 Å². The Balaban J connectivity index is 2.21. The van der Waals surface area contributed by atoms with E-state index in [1.165, 1.54) is 0 Å². The molecule has 2 N–H and O–H groups in total. The van der Waals surface area contributed by atoms with Crippen LogP contribution in [-0.2, 0) is 4.74 Å². The van der Waals surface area contributed by atoms with Crippen molar-refractivity contribution >= 4 is 0 Å². The van der Waals surface area contributed by atoms with E-state index in [-0.39, 0.29) is 18.8 Å². The highest BCUT2D eigenvalue weighted by Gasteiger charge is 2.55. The molecule has 2 rings (SSSR count). The molecule has 2 saturated heterocycles. The van der Waals surface area contributed by atoms with Crippen molar-refractivity contribution in [3.05, 3.63) is 0 Å². The molecule has 0 aromatic heterocycles. The molecule has 0 saturated carbocycles. The third kappa shape index (κ3) is 1.29. The van der Waals surface area contributed by atoms with Crippen molar-refractivity contribution in [2.75, 3.05) is 19.7 Å². The highest BCUT2D eigenvalue weighted by molar-refractivity contribution is 5.03. The van der Waals surface area contributed by atoms with Gasteiger partial charge in [0.05, 0.1) is 12.1 Å². The quantitative estimate of drug-likeness (QED) is 0.539. The van der Waals surface area contributed by atoms with Gasteiger partial charge in [0, 0.05) is 6.54 Å². The van der Waals surface area contributed by atoms with E-state index in [9.17, 15) is 10.2 Å². The van der Waals surface area contributed by atoms with Gasteiger partial charge in [-0.05, 0) is 12.5 Å². The van der Waals surface area contributed by atoms with E-state index in [0.717, 1.165) is 13.1 Å². The van der Waals surface area contributed by atoms with E-state index in [2.05, 4.69) is 11.8 Å². The Hall–Kier alpha value is -0.160. The molecule has 0 radical (unpaired) electrons. The smallest absolute Gasteiger partial charge is 0.205 e. The molecule has 13 heavy (non-hydrogen) atoms. The third-order valence-electron chi connectivity index (χ3n) is 3.16. The van der Waals surface area contributed by atoms with Crippen molar-refractivity contribution < 1.29 is 14.9 Å². The van der Waals surface area contributed by atoms with Crippen molar-refractivity contribution in [2.45, 2.75) is 31.8 Å². The molecule has 4 nitrogen and oxygen atoms in total. The minimum atomic E-state index is -1.65. The second kappa shape index (κ2) is 2.92. The maximum absolute atomic E-state index is 9.67. The van der Waals surface area contributed by atoms with Crippen LogP contribution in [0.25, 0.3) is 0 Å². The van der Waals surface area contributed by atoms with Gasteiger partial charge in [-0.15, -0.1) is 0 Å². The summed E-state index contributed by atoms with van der Waals surface area (Å²) in [6.07, 6.45) is -0.00468. The molecule has 0 spiro atoms. The Labute approximate surface area is 78.1 Å². The van der Waals surface area contributed by atoms with Gasteiger partial charge in [-0.2, -0.15) is 0 Å². The van der Waals surface area contributed by atoms with E-state index in [1.807, 2.05) is 6.92 Å². The predicted octanol–water partition coefficient (Wildman–Crippen LogP) is -0.594. The molecule has 0 aromatic rings. The molecule has 0 aliphatic carbocycles. The zero-order valence-electron chi connectivity index (χ0n) is 8.10. The maximum atomic E-state index is 9.67. The van der Waals surface area contributed by atoms with E-state index < -0.39 is 5.79 Å². The van der Waals surface area contributed by atoms with Crippen LogP contribution in [0.1, 0.15) is 13.8 Å². The van der Waals surface area contributed by atoms with Gasteiger partial charge in [-0.25, -0.2) is 0 Å². The molecule has 0 unspecified atom stereocenters. The number of hydrogen-bond acceptors (Lipinski definition) is 4. The van der Waals surface area contributed by atoms with Crippen LogP contribution in [0.5, 0.6) is 0 Å². The Kier molecular flexibility index (Phi) is 2.11. The predicted molar refractivity (Wildman–Crippen MR) is 47.1 cm³/mol. The monoisotopic (exact) mass is 187 g/mol. The van der Waals surface area contributed by atoms with Crippen molar-refractivity contribution in [1.82, 2.24) is 4.90 Å². The van der Waals surface area contributed by atoms with Crippen LogP contribution in [0.4, 0.5) is 0 Å². The molecule has 0 aromatic carbocycles. The third-order valence-corrected chi connectivity index (χ3v) is 3.16. The molecule has 2 heterocycles. The summed E-state index contributed by atoms with van der Waals surface area (Å²) in [5.74, 6) is -1.25. The number of hydrogen-bond donors (Lipinski definition) is 2. The molecule has 4 heteroatoms. The lowest BCUT2D eigenvalue weighted by molar-refractivity contribution is -0.186. The van der Waals surface area contributed by atoms with Gasteiger partial charge >= 0.3 is 0 Å². The molecule has 76 valence electrons. The fourth-order valence-electron chi connectivity index (χ4n) is 2.55. The number of rotatable bonds is 1. The number of likely N-dealkylation sites (N-methyl/N-ethyl adjacent to an activating group) is 1. The summed E-state index contributed by atoms with van der Waals surface area (Å²) in [6.45, 7) is 5.91. The molecular weight excluding hydrogens is 170 g/mol. The largest absolute Gasteiger partial charge is 0.370 e. The summed E-state index contributed by atoms with van der Waals surface area (Å²) < 4.78 is 5.39. The maximum Gasteiger partial charge on any atom is 0.205 e. The Morgan fingerprint density at radius 1 is 1.54 bits per heavy atom. The van der Waals surface area contributed by atoms with Gasteiger partial charge in [-0.3, -0.25) is 4.90 Å². The minimum Gasteiger partial charge on any atom is -0.370 e. The lowest BCUT2D eigenvalue weighted by Crippen LogP contribution is -2.50. The first kappa shape index (κ1) is 9.40. The zero-order valence-corrected chi connectivity index (χ0v) is 8.10. The highest BCUT2D eigenvalue weighted by atomic mass is 16.6. The van der Waals surface area contributed by atoms with Gasteiger partial charge in [0.15, 0.2) is 0 Å². The van der Waals surface area contributed by atoms with E-state index in [4.69, 9.17) is 4.74 Å². The zero-order chi connectivity index (χ0) is 9.64. The fraction of sp³-hybridized carbons (Fsp3) is 1.00. The molecule has 0 bridgehead atoms. The van der Waals surface area contributed by atoms with Crippen molar-refractivity contribution in [3.8, 4) is 0 Å². The highest BCUT2D eigenvalue weighted by Crippen LogP contribution is 2.37. The molecular formula is C9H17NO3. The van der Waals surface area contributed by atoms with Crippen LogP contribution in [0.15, 0.2) is 0 Å². The van der Waals surface area contributed by atoms with Crippen LogP contribution >= 0.6 is 0 Å². The number of fused-ring (bicyclic) bond motifs is 1. The van der Waals surface area contributed by atoms with Gasteiger partial charge in [0.2, 0.25) is 5.79 Å². The summed E-state index contributed by atoms with van der Waals surface area (Å²) >= 11 is 0. The van der Waals surface area contributed by atoms with Gasteiger partial charge in [0.1, 0.15) is 6.61 Å².